The van der Waals surface area contributed by atoms with E-state index in [9.17, 15) is 18.0 Å². The Hall–Kier alpha value is -0.780. The molecule has 0 spiro atoms. The van der Waals surface area contributed by atoms with Crippen molar-refractivity contribution in [2.24, 2.45) is 11.7 Å². The normalized spacial score (nSPS) is 29.0. The van der Waals surface area contributed by atoms with Crippen LogP contribution in [0.1, 0.15) is 25.7 Å². The Morgan fingerprint density at radius 2 is 2.00 bits per heavy atom. The number of likely N-dealkylation sites (tertiary alicyclic amines) is 1. The fourth-order valence-corrected chi connectivity index (χ4v) is 2.09. The highest BCUT2D eigenvalue weighted by molar-refractivity contribution is 5.89. The van der Waals surface area contributed by atoms with Crippen LogP contribution in [0.2, 0.25) is 0 Å². The first-order chi connectivity index (χ1) is 7.33. The van der Waals surface area contributed by atoms with Crippen molar-refractivity contribution in [3.8, 4) is 0 Å². The second kappa shape index (κ2) is 3.61. The number of nitrogens with two attached hydrogens (primary N) is 1. The average molecular weight is 236 g/mol. The van der Waals surface area contributed by atoms with Crippen LogP contribution in [-0.4, -0.2) is 35.6 Å². The summed E-state index contributed by atoms with van der Waals surface area (Å²) in [7, 11) is 0. The van der Waals surface area contributed by atoms with Crippen molar-refractivity contribution >= 4 is 5.91 Å². The van der Waals surface area contributed by atoms with Crippen LogP contribution in [0.25, 0.3) is 0 Å². The molecule has 2 N–H and O–H groups in total. The van der Waals surface area contributed by atoms with Gasteiger partial charge in [0.2, 0.25) is 5.91 Å². The zero-order valence-electron chi connectivity index (χ0n) is 8.89. The van der Waals surface area contributed by atoms with Crippen LogP contribution in [-0.2, 0) is 4.79 Å². The van der Waals surface area contributed by atoms with E-state index >= 15 is 0 Å². The van der Waals surface area contributed by atoms with Crippen LogP contribution in [0, 0.1) is 5.92 Å². The first-order valence-corrected chi connectivity index (χ1v) is 5.48. The third kappa shape index (κ3) is 2.16. The quantitative estimate of drug-likeness (QED) is 0.745. The zero-order chi connectivity index (χ0) is 12.0. The van der Waals surface area contributed by atoms with Crippen LogP contribution >= 0.6 is 0 Å². The summed E-state index contributed by atoms with van der Waals surface area (Å²) in [5.41, 5.74) is 4.85. The van der Waals surface area contributed by atoms with Gasteiger partial charge in [-0.25, -0.2) is 0 Å². The average Bonchev–Trinajstić information content (AvgIpc) is 2.96. The van der Waals surface area contributed by atoms with E-state index in [1.54, 1.807) is 0 Å². The van der Waals surface area contributed by atoms with Gasteiger partial charge in [0.15, 0.2) is 0 Å². The lowest BCUT2D eigenvalue weighted by Crippen LogP contribution is -2.51. The Morgan fingerprint density at radius 3 is 2.50 bits per heavy atom. The molecule has 1 amide bonds. The summed E-state index contributed by atoms with van der Waals surface area (Å²) < 4.78 is 37.6. The van der Waals surface area contributed by atoms with Crippen LogP contribution < -0.4 is 5.73 Å². The molecular formula is C10H15F3N2O. The van der Waals surface area contributed by atoms with Crippen molar-refractivity contribution in [1.29, 1.82) is 0 Å². The molecule has 2 aliphatic rings. The van der Waals surface area contributed by atoms with Crippen molar-refractivity contribution in [3.05, 3.63) is 0 Å². The van der Waals surface area contributed by atoms with E-state index in [1.807, 2.05) is 0 Å². The molecule has 6 heteroatoms. The molecule has 1 aliphatic carbocycles. The van der Waals surface area contributed by atoms with Crippen LogP contribution in [0.3, 0.4) is 0 Å². The zero-order valence-corrected chi connectivity index (χ0v) is 8.89. The predicted octanol–water partition coefficient (Wildman–Crippen LogP) is 1.28. The monoisotopic (exact) mass is 236 g/mol. The molecular weight excluding hydrogens is 221 g/mol. The van der Waals surface area contributed by atoms with E-state index in [-0.39, 0.29) is 18.9 Å². The van der Waals surface area contributed by atoms with E-state index in [4.69, 9.17) is 5.73 Å². The topological polar surface area (TPSA) is 46.3 Å². The number of halogens is 3. The number of hydrogen-bond acceptors (Lipinski definition) is 2. The van der Waals surface area contributed by atoms with Crippen molar-refractivity contribution in [3.63, 3.8) is 0 Å². The summed E-state index contributed by atoms with van der Waals surface area (Å²) >= 11 is 0. The molecule has 1 heterocycles. The summed E-state index contributed by atoms with van der Waals surface area (Å²) in [5.74, 6) is -1.69. The first kappa shape index (κ1) is 11.7. The van der Waals surface area contributed by atoms with E-state index < -0.39 is 17.6 Å². The lowest BCUT2D eigenvalue weighted by molar-refractivity contribution is -0.188. The molecule has 1 aliphatic heterocycles. The maximum Gasteiger partial charge on any atom is 0.393 e. The Morgan fingerprint density at radius 1 is 1.38 bits per heavy atom. The second-order valence-corrected chi connectivity index (χ2v) is 4.79. The van der Waals surface area contributed by atoms with Gasteiger partial charge in [0.25, 0.3) is 0 Å². The molecule has 0 radical (unpaired) electrons. The van der Waals surface area contributed by atoms with E-state index in [1.165, 1.54) is 4.90 Å². The Balaban J connectivity index is 1.99. The van der Waals surface area contributed by atoms with E-state index in [0.29, 0.717) is 25.8 Å². The molecule has 1 unspecified atom stereocenters. The van der Waals surface area contributed by atoms with Gasteiger partial charge in [-0.2, -0.15) is 13.2 Å². The molecule has 0 aromatic rings. The molecule has 1 saturated carbocycles. The van der Waals surface area contributed by atoms with E-state index in [0.717, 1.165) is 0 Å². The number of amides is 1. The van der Waals surface area contributed by atoms with Crippen molar-refractivity contribution < 1.29 is 18.0 Å². The molecule has 3 nitrogen and oxygen atoms in total. The number of alkyl halides is 3. The second-order valence-electron chi connectivity index (χ2n) is 4.79. The van der Waals surface area contributed by atoms with Gasteiger partial charge in [-0.1, -0.05) is 0 Å². The van der Waals surface area contributed by atoms with Crippen molar-refractivity contribution in [2.45, 2.75) is 37.4 Å². The fourth-order valence-electron chi connectivity index (χ4n) is 2.09. The number of carbonyl (C=O) groups excluding carboxylic acids is 1. The van der Waals surface area contributed by atoms with Crippen LogP contribution in [0.15, 0.2) is 0 Å². The van der Waals surface area contributed by atoms with Gasteiger partial charge in [0, 0.05) is 13.1 Å². The number of carbonyl (C=O) groups is 1. The molecule has 0 bridgehead atoms. The number of nitrogens with zero attached hydrogens (tertiary/aromatic N) is 1. The Bertz CT molecular complexity index is 299. The highest BCUT2D eigenvalue weighted by atomic mass is 19.4. The van der Waals surface area contributed by atoms with Crippen LogP contribution in [0.4, 0.5) is 13.2 Å². The predicted molar refractivity (Wildman–Crippen MR) is 51.5 cm³/mol. The van der Waals surface area contributed by atoms with Gasteiger partial charge in [0.1, 0.15) is 0 Å². The first-order valence-electron chi connectivity index (χ1n) is 5.48. The van der Waals surface area contributed by atoms with Crippen molar-refractivity contribution in [2.75, 3.05) is 13.1 Å². The molecule has 1 atom stereocenters. The summed E-state index contributed by atoms with van der Waals surface area (Å²) in [4.78, 5) is 13.1. The van der Waals surface area contributed by atoms with E-state index in [2.05, 4.69) is 0 Å². The van der Waals surface area contributed by atoms with Crippen LogP contribution in [0.5, 0.6) is 0 Å². The maximum atomic E-state index is 12.5. The summed E-state index contributed by atoms with van der Waals surface area (Å²) in [5, 5.41) is 0. The number of piperidine rings is 1. The lowest BCUT2D eigenvalue weighted by Gasteiger charge is -2.35. The minimum Gasteiger partial charge on any atom is -0.340 e. The number of rotatable bonds is 1. The molecule has 92 valence electrons. The molecule has 16 heavy (non-hydrogen) atoms. The third-order valence-electron chi connectivity index (χ3n) is 3.39. The van der Waals surface area contributed by atoms with Gasteiger partial charge < -0.3 is 10.6 Å². The summed E-state index contributed by atoms with van der Waals surface area (Å²) in [6.45, 7) is 0.186. The van der Waals surface area contributed by atoms with Gasteiger partial charge >= 0.3 is 6.18 Å². The largest absolute Gasteiger partial charge is 0.393 e. The Kier molecular flexibility index (Phi) is 2.64. The SMILES string of the molecule is NC1(C(=O)N2CCCC(C(F)(F)F)C2)CC1. The van der Waals surface area contributed by atoms with Gasteiger partial charge in [-0.3, -0.25) is 4.79 Å². The summed E-state index contributed by atoms with van der Waals surface area (Å²) in [6, 6.07) is 0. The number of hydrogen-bond donors (Lipinski definition) is 1. The minimum absolute atomic E-state index is 0.116. The van der Waals surface area contributed by atoms with Crippen molar-refractivity contribution in [1.82, 2.24) is 4.90 Å². The molecule has 1 saturated heterocycles. The fraction of sp³-hybridized carbons (Fsp3) is 0.900. The third-order valence-corrected chi connectivity index (χ3v) is 3.39. The lowest BCUT2D eigenvalue weighted by atomic mass is 9.97. The standard InChI is InChI=1S/C10H15F3N2O/c11-10(12,13)7-2-1-5-15(6-7)8(16)9(14)3-4-9/h7H,1-6,14H2. The summed E-state index contributed by atoms with van der Waals surface area (Å²) in [6.07, 6.45) is -2.49. The Labute approximate surface area is 91.8 Å². The highest BCUT2D eigenvalue weighted by Crippen LogP contribution is 2.38. The smallest absolute Gasteiger partial charge is 0.340 e. The minimum atomic E-state index is -4.20. The van der Waals surface area contributed by atoms with Gasteiger partial charge in [-0.05, 0) is 25.7 Å². The highest BCUT2D eigenvalue weighted by Gasteiger charge is 2.50. The molecule has 0 aromatic carbocycles. The maximum absolute atomic E-state index is 12.5. The molecule has 0 aromatic heterocycles. The molecule has 2 fully saturated rings. The van der Waals surface area contributed by atoms with Gasteiger partial charge in [0.05, 0.1) is 11.5 Å². The molecule has 2 rings (SSSR count). The van der Waals surface area contributed by atoms with Gasteiger partial charge in [-0.15, -0.1) is 0 Å².